The highest BCUT2D eigenvalue weighted by atomic mass is 32.2. The Morgan fingerprint density at radius 3 is 2.38 bits per heavy atom. The van der Waals surface area contributed by atoms with Crippen molar-refractivity contribution in [2.45, 2.75) is 31.7 Å². The van der Waals surface area contributed by atoms with Gasteiger partial charge in [-0.2, -0.15) is 0 Å². The molecule has 1 saturated heterocycles. The molecule has 1 heterocycles. The minimum absolute atomic E-state index is 0.150. The van der Waals surface area contributed by atoms with Crippen LogP contribution in [0.5, 0.6) is 5.75 Å². The van der Waals surface area contributed by atoms with Crippen LogP contribution in [0.1, 0.15) is 25.0 Å². The fourth-order valence-electron chi connectivity index (χ4n) is 3.27. The SMILES string of the molecule is CN=C(NCc1ccc(COc2ccccc2)cc1)N1CCS(=O)(=O)C(C)(C)C1. The molecule has 156 valence electrons. The number of guanidine groups is 1. The highest BCUT2D eigenvalue weighted by molar-refractivity contribution is 7.92. The van der Waals surface area contributed by atoms with Crippen LogP contribution in [0.25, 0.3) is 0 Å². The molecular weight excluding hydrogens is 386 g/mol. The Bertz CT molecular complexity index is 939. The van der Waals surface area contributed by atoms with Gasteiger partial charge in [-0.05, 0) is 37.1 Å². The standard InChI is InChI=1S/C22H29N3O3S/c1-22(2)17-25(13-14-29(22,26)27)21(23-3)24-15-18-9-11-19(12-10-18)16-28-20-7-5-4-6-8-20/h4-12H,13-17H2,1-3H3,(H,23,24). The molecule has 0 saturated carbocycles. The van der Waals surface area contributed by atoms with Crippen molar-refractivity contribution in [3.63, 3.8) is 0 Å². The summed E-state index contributed by atoms with van der Waals surface area (Å²) in [6, 6.07) is 18.0. The summed E-state index contributed by atoms with van der Waals surface area (Å²) < 4.78 is 29.4. The number of rotatable bonds is 5. The summed E-state index contributed by atoms with van der Waals surface area (Å²) in [7, 11) is -1.34. The van der Waals surface area contributed by atoms with Gasteiger partial charge in [-0.15, -0.1) is 0 Å². The fourth-order valence-corrected chi connectivity index (χ4v) is 4.64. The normalized spacial score (nSPS) is 18.3. The quantitative estimate of drug-likeness (QED) is 0.601. The fraction of sp³-hybridized carbons (Fsp3) is 0.409. The van der Waals surface area contributed by atoms with E-state index in [0.717, 1.165) is 22.8 Å². The maximum Gasteiger partial charge on any atom is 0.193 e. The highest BCUT2D eigenvalue weighted by Gasteiger charge is 2.40. The van der Waals surface area contributed by atoms with E-state index in [9.17, 15) is 8.42 Å². The van der Waals surface area contributed by atoms with E-state index < -0.39 is 14.6 Å². The smallest absolute Gasteiger partial charge is 0.193 e. The number of aliphatic imine (C=N–C) groups is 1. The molecule has 0 radical (unpaired) electrons. The molecular formula is C22H29N3O3S. The third kappa shape index (κ3) is 5.29. The Balaban J connectivity index is 1.53. The van der Waals surface area contributed by atoms with Crippen LogP contribution in [-0.4, -0.2) is 49.9 Å². The van der Waals surface area contributed by atoms with Gasteiger partial charge in [0.2, 0.25) is 0 Å². The Hall–Kier alpha value is -2.54. The topological polar surface area (TPSA) is 71.0 Å². The summed E-state index contributed by atoms with van der Waals surface area (Å²) in [4.78, 5) is 6.35. The van der Waals surface area contributed by atoms with Crippen molar-refractivity contribution in [1.29, 1.82) is 0 Å². The van der Waals surface area contributed by atoms with Gasteiger partial charge < -0.3 is 15.0 Å². The van der Waals surface area contributed by atoms with Gasteiger partial charge in [-0.3, -0.25) is 4.99 Å². The molecule has 1 aliphatic heterocycles. The maximum absolute atomic E-state index is 12.2. The van der Waals surface area contributed by atoms with E-state index in [1.54, 1.807) is 20.9 Å². The Morgan fingerprint density at radius 2 is 1.76 bits per heavy atom. The number of para-hydroxylation sites is 1. The number of nitrogens with one attached hydrogen (secondary N) is 1. The number of nitrogens with zero attached hydrogens (tertiary/aromatic N) is 2. The van der Waals surface area contributed by atoms with Crippen LogP contribution in [0.3, 0.4) is 0 Å². The molecule has 7 heteroatoms. The van der Waals surface area contributed by atoms with Gasteiger partial charge in [-0.1, -0.05) is 42.5 Å². The minimum Gasteiger partial charge on any atom is -0.489 e. The zero-order valence-electron chi connectivity index (χ0n) is 17.3. The summed E-state index contributed by atoms with van der Waals surface area (Å²) in [5.74, 6) is 1.73. The van der Waals surface area contributed by atoms with Crippen molar-refractivity contribution in [3.05, 3.63) is 65.7 Å². The Morgan fingerprint density at radius 1 is 1.10 bits per heavy atom. The minimum atomic E-state index is -3.07. The first kappa shape index (κ1) is 21.2. The second-order valence-corrected chi connectivity index (χ2v) is 10.6. The molecule has 2 aromatic rings. The number of benzene rings is 2. The molecule has 2 aromatic carbocycles. The van der Waals surface area contributed by atoms with Gasteiger partial charge in [0.1, 0.15) is 12.4 Å². The molecule has 6 nitrogen and oxygen atoms in total. The van der Waals surface area contributed by atoms with E-state index in [2.05, 4.69) is 34.6 Å². The van der Waals surface area contributed by atoms with Crippen molar-refractivity contribution < 1.29 is 13.2 Å². The van der Waals surface area contributed by atoms with Crippen molar-refractivity contribution >= 4 is 15.8 Å². The van der Waals surface area contributed by atoms with Crippen molar-refractivity contribution in [2.75, 3.05) is 25.9 Å². The molecule has 1 N–H and O–H groups in total. The maximum atomic E-state index is 12.2. The van der Waals surface area contributed by atoms with Crippen LogP contribution in [0.4, 0.5) is 0 Å². The Kier molecular flexibility index (Phi) is 6.47. The lowest BCUT2D eigenvalue weighted by molar-refractivity contribution is 0.306. The third-order valence-corrected chi connectivity index (χ3v) is 7.71. The summed E-state index contributed by atoms with van der Waals surface area (Å²) in [5, 5.41) is 3.35. The van der Waals surface area contributed by atoms with Crippen LogP contribution in [-0.2, 0) is 23.0 Å². The van der Waals surface area contributed by atoms with Gasteiger partial charge in [-0.25, -0.2) is 8.42 Å². The lowest BCUT2D eigenvalue weighted by Crippen LogP contribution is -2.57. The van der Waals surface area contributed by atoms with E-state index in [1.807, 2.05) is 35.2 Å². The van der Waals surface area contributed by atoms with E-state index in [4.69, 9.17) is 4.74 Å². The van der Waals surface area contributed by atoms with Crippen LogP contribution in [0.2, 0.25) is 0 Å². The summed E-state index contributed by atoms with van der Waals surface area (Å²) in [5.41, 5.74) is 2.23. The van der Waals surface area contributed by atoms with Crippen LogP contribution in [0, 0.1) is 0 Å². The predicted molar refractivity (Wildman–Crippen MR) is 117 cm³/mol. The number of ether oxygens (including phenoxy) is 1. The molecule has 0 atom stereocenters. The lowest BCUT2D eigenvalue weighted by atomic mass is 10.1. The highest BCUT2D eigenvalue weighted by Crippen LogP contribution is 2.23. The van der Waals surface area contributed by atoms with Crippen LogP contribution in [0.15, 0.2) is 59.6 Å². The monoisotopic (exact) mass is 415 g/mol. The molecule has 0 unspecified atom stereocenters. The van der Waals surface area contributed by atoms with Gasteiger partial charge in [0.25, 0.3) is 0 Å². The first-order valence-corrected chi connectivity index (χ1v) is 11.4. The molecule has 0 bridgehead atoms. The molecule has 29 heavy (non-hydrogen) atoms. The van der Waals surface area contributed by atoms with Gasteiger partial charge >= 0.3 is 0 Å². The molecule has 3 rings (SSSR count). The predicted octanol–water partition coefficient (Wildman–Crippen LogP) is 2.85. The second-order valence-electron chi connectivity index (χ2n) is 7.82. The van der Waals surface area contributed by atoms with E-state index in [1.165, 1.54) is 0 Å². The molecule has 0 aromatic heterocycles. The summed E-state index contributed by atoms with van der Waals surface area (Å²) >= 11 is 0. The van der Waals surface area contributed by atoms with E-state index in [-0.39, 0.29) is 5.75 Å². The van der Waals surface area contributed by atoms with Crippen molar-refractivity contribution in [2.24, 2.45) is 4.99 Å². The lowest BCUT2D eigenvalue weighted by Gasteiger charge is -2.39. The number of hydrogen-bond donors (Lipinski definition) is 1. The molecule has 1 fully saturated rings. The third-order valence-electron chi connectivity index (χ3n) is 5.18. The first-order chi connectivity index (χ1) is 13.8. The van der Waals surface area contributed by atoms with Crippen molar-refractivity contribution in [3.8, 4) is 5.75 Å². The largest absolute Gasteiger partial charge is 0.489 e. The van der Waals surface area contributed by atoms with E-state index >= 15 is 0 Å². The zero-order chi connectivity index (χ0) is 20.9. The first-order valence-electron chi connectivity index (χ1n) is 9.74. The molecule has 0 aliphatic carbocycles. The zero-order valence-corrected chi connectivity index (χ0v) is 18.1. The molecule has 0 amide bonds. The van der Waals surface area contributed by atoms with Gasteiger partial charge in [0.05, 0.1) is 10.5 Å². The molecule has 1 aliphatic rings. The number of sulfone groups is 1. The van der Waals surface area contributed by atoms with E-state index in [0.29, 0.717) is 26.2 Å². The average Bonchev–Trinajstić information content (AvgIpc) is 2.71. The summed E-state index contributed by atoms with van der Waals surface area (Å²) in [6.07, 6.45) is 0. The van der Waals surface area contributed by atoms with Crippen LogP contribution >= 0.6 is 0 Å². The van der Waals surface area contributed by atoms with Gasteiger partial charge in [0.15, 0.2) is 15.8 Å². The van der Waals surface area contributed by atoms with Crippen LogP contribution < -0.4 is 10.1 Å². The molecule has 0 spiro atoms. The van der Waals surface area contributed by atoms with Gasteiger partial charge in [0, 0.05) is 26.7 Å². The number of hydrogen-bond acceptors (Lipinski definition) is 4. The van der Waals surface area contributed by atoms with Crippen molar-refractivity contribution in [1.82, 2.24) is 10.2 Å². The second kappa shape index (κ2) is 8.86. The summed E-state index contributed by atoms with van der Waals surface area (Å²) in [6.45, 7) is 5.59. The average molecular weight is 416 g/mol. The Labute approximate surface area is 173 Å².